The monoisotopic (exact) mass is 299 g/mol. The van der Waals surface area contributed by atoms with E-state index in [-0.39, 0.29) is 11.9 Å². The van der Waals surface area contributed by atoms with Gasteiger partial charge >= 0.3 is 0 Å². The zero-order chi connectivity index (χ0) is 15.4. The van der Waals surface area contributed by atoms with Crippen molar-refractivity contribution in [2.45, 2.75) is 37.9 Å². The van der Waals surface area contributed by atoms with Crippen molar-refractivity contribution in [2.24, 2.45) is 0 Å². The van der Waals surface area contributed by atoms with Gasteiger partial charge in [0, 0.05) is 32.3 Å². The van der Waals surface area contributed by atoms with Crippen LogP contribution in [0.25, 0.3) is 0 Å². The van der Waals surface area contributed by atoms with Crippen molar-refractivity contribution in [2.75, 3.05) is 19.8 Å². The van der Waals surface area contributed by atoms with Crippen molar-refractivity contribution in [3.8, 4) is 6.07 Å². The number of likely N-dealkylation sites (tertiary alicyclic amines) is 1. The minimum atomic E-state index is -0.0542. The van der Waals surface area contributed by atoms with Gasteiger partial charge in [-0.05, 0) is 37.0 Å². The molecule has 0 aliphatic carbocycles. The highest BCUT2D eigenvalue weighted by atomic mass is 16.5. The molecule has 3 rings (SSSR count). The molecule has 1 aromatic rings. The number of carbonyl (C=O) groups is 1. The number of rotatable bonds is 4. The Bertz CT molecular complexity index is 558. The van der Waals surface area contributed by atoms with E-state index in [9.17, 15) is 4.79 Å². The van der Waals surface area contributed by atoms with Crippen LogP contribution in [0.15, 0.2) is 24.3 Å². The molecule has 116 valence electrons. The molecule has 2 saturated heterocycles. The Morgan fingerprint density at radius 1 is 1.23 bits per heavy atom. The third-order valence-electron chi connectivity index (χ3n) is 4.41. The zero-order valence-electron chi connectivity index (χ0n) is 12.6. The number of nitriles is 1. The lowest BCUT2D eigenvalue weighted by molar-refractivity contribution is -0.130. The maximum Gasteiger partial charge on any atom is 0.240 e. The molecule has 0 spiro atoms. The number of hydrogen-bond acceptors (Lipinski definition) is 4. The summed E-state index contributed by atoms with van der Waals surface area (Å²) in [6.07, 6.45) is 2.84. The average Bonchev–Trinajstić information content (AvgIpc) is 2.90. The SMILES string of the molecule is N#Cc1ccc(CN2CCC(NC3CCOCC3)C2=O)cc1. The van der Waals surface area contributed by atoms with Gasteiger partial charge in [-0.1, -0.05) is 12.1 Å². The number of amides is 1. The molecule has 2 aliphatic rings. The van der Waals surface area contributed by atoms with Gasteiger partial charge in [0.25, 0.3) is 0 Å². The summed E-state index contributed by atoms with van der Waals surface area (Å²) in [4.78, 5) is 14.4. The molecule has 1 amide bonds. The molecule has 1 atom stereocenters. The predicted molar refractivity (Wildman–Crippen MR) is 82.0 cm³/mol. The van der Waals surface area contributed by atoms with Gasteiger partial charge in [-0.15, -0.1) is 0 Å². The molecule has 2 fully saturated rings. The van der Waals surface area contributed by atoms with E-state index < -0.39 is 0 Å². The lowest BCUT2D eigenvalue weighted by atomic mass is 10.1. The Hall–Kier alpha value is -1.90. The van der Waals surface area contributed by atoms with Gasteiger partial charge in [-0.2, -0.15) is 5.26 Å². The Morgan fingerprint density at radius 3 is 2.64 bits per heavy atom. The average molecular weight is 299 g/mol. The lowest BCUT2D eigenvalue weighted by Crippen LogP contribution is -2.45. The van der Waals surface area contributed by atoms with Crippen LogP contribution in [0.1, 0.15) is 30.4 Å². The van der Waals surface area contributed by atoms with Crippen LogP contribution in [-0.2, 0) is 16.1 Å². The third-order valence-corrected chi connectivity index (χ3v) is 4.41. The largest absolute Gasteiger partial charge is 0.381 e. The highest BCUT2D eigenvalue weighted by Crippen LogP contribution is 2.18. The first kappa shape index (κ1) is 15.0. The van der Waals surface area contributed by atoms with Crippen LogP contribution in [0.3, 0.4) is 0 Å². The van der Waals surface area contributed by atoms with Crippen LogP contribution >= 0.6 is 0 Å². The minimum Gasteiger partial charge on any atom is -0.381 e. The molecule has 1 aromatic carbocycles. The second-order valence-electron chi connectivity index (χ2n) is 5.96. The Labute approximate surface area is 130 Å². The number of benzene rings is 1. The summed E-state index contributed by atoms with van der Waals surface area (Å²) >= 11 is 0. The first-order valence-corrected chi connectivity index (χ1v) is 7.88. The zero-order valence-corrected chi connectivity index (χ0v) is 12.6. The molecule has 5 heteroatoms. The molecule has 2 aliphatic heterocycles. The highest BCUT2D eigenvalue weighted by Gasteiger charge is 2.33. The van der Waals surface area contributed by atoms with E-state index in [0.717, 1.165) is 44.6 Å². The smallest absolute Gasteiger partial charge is 0.240 e. The molecule has 0 aromatic heterocycles. The van der Waals surface area contributed by atoms with Crippen LogP contribution in [0, 0.1) is 11.3 Å². The summed E-state index contributed by atoms with van der Waals surface area (Å²) in [5, 5.41) is 12.3. The van der Waals surface area contributed by atoms with Gasteiger partial charge < -0.3 is 15.0 Å². The van der Waals surface area contributed by atoms with E-state index in [1.807, 2.05) is 17.0 Å². The Morgan fingerprint density at radius 2 is 1.95 bits per heavy atom. The number of nitrogens with zero attached hydrogens (tertiary/aromatic N) is 2. The molecule has 22 heavy (non-hydrogen) atoms. The molecular formula is C17H21N3O2. The van der Waals surface area contributed by atoms with Gasteiger partial charge in [0.15, 0.2) is 0 Å². The van der Waals surface area contributed by atoms with Crippen molar-refractivity contribution in [3.05, 3.63) is 35.4 Å². The van der Waals surface area contributed by atoms with Crippen LogP contribution in [0.2, 0.25) is 0 Å². The summed E-state index contributed by atoms with van der Waals surface area (Å²) in [5.41, 5.74) is 1.72. The molecule has 2 heterocycles. The van der Waals surface area contributed by atoms with E-state index in [4.69, 9.17) is 10.00 Å². The van der Waals surface area contributed by atoms with Crippen molar-refractivity contribution in [1.29, 1.82) is 5.26 Å². The van der Waals surface area contributed by atoms with Crippen LogP contribution < -0.4 is 5.32 Å². The maximum atomic E-state index is 12.5. The van der Waals surface area contributed by atoms with Crippen LogP contribution in [0.5, 0.6) is 0 Å². The van der Waals surface area contributed by atoms with E-state index in [1.54, 1.807) is 12.1 Å². The Kier molecular flexibility index (Phi) is 4.71. The van der Waals surface area contributed by atoms with Gasteiger partial charge in [0.05, 0.1) is 17.7 Å². The van der Waals surface area contributed by atoms with Crippen LogP contribution in [0.4, 0.5) is 0 Å². The lowest BCUT2D eigenvalue weighted by Gasteiger charge is -2.26. The van der Waals surface area contributed by atoms with E-state index in [2.05, 4.69) is 11.4 Å². The second kappa shape index (κ2) is 6.91. The van der Waals surface area contributed by atoms with Crippen molar-refractivity contribution in [3.63, 3.8) is 0 Å². The summed E-state index contributed by atoms with van der Waals surface area (Å²) in [6, 6.07) is 9.90. The first-order chi connectivity index (χ1) is 10.8. The summed E-state index contributed by atoms with van der Waals surface area (Å²) in [5.74, 6) is 0.191. The quantitative estimate of drug-likeness (QED) is 0.913. The van der Waals surface area contributed by atoms with E-state index >= 15 is 0 Å². The van der Waals surface area contributed by atoms with Crippen LogP contribution in [-0.4, -0.2) is 42.6 Å². The standard InChI is InChI=1S/C17H21N3O2/c18-11-13-1-3-14(4-2-13)12-20-8-5-16(17(20)21)19-15-6-9-22-10-7-15/h1-4,15-16,19H,5-10,12H2. The molecule has 0 saturated carbocycles. The summed E-state index contributed by atoms with van der Waals surface area (Å²) in [7, 11) is 0. The molecule has 5 nitrogen and oxygen atoms in total. The van der Waals surface area contributed by atoms with Crippen molar-refractivity contribution in [1.82, 2.24) is 10.2 Å². The maximum absolute atomic E-state index is 12.5. The van der Waals surface area contributed by atoms with Gasteiger partial charge in [-0.25, -0.2) is 0 Å². The third kappa shape index (κ3) is 3.46. The van der Waals surface area contributed by atoms with Gasteiger partial charge in [-0.3, -0.25) is 4.79 Å². The summed E-state index contributed by atoms with van der Waals surface area (Å²) < 4.78 is 5.35. The highest BCUT2D eigenvalue weighted by molar-refractivity contribution is 5.84. The number of carbonyl (C=O) groups excluding carboxylic acids is 1. The molecule has 0 bridgehead atoms. The van der Waals surface area contributed by atoms with Crippen molar-refractivity contribution >= 4 is 5.91 Å². The number of ether oxygens (including phenoxy) is 1. The predicted octanol–water partition coefficient (Wildman–Crippen LogP) is 1.43. The topological polar surface area (TPSA) is 65.4 Å². The normalized spacial score (nSPS) is 22.8. The molecular weight excluding hydrogens is 278 g/mol. The second-order valence-corrected chi connectivity index (χ2v) is 5.96. The van der Waals surface area contributed by atoms with Gasteiger partial charge in [0.2, 0.25) is 5.91 Å². The fourth-order valence-electron chi connectivity index (χ4n) is 3.10. The van der Waals surface area contributed by atoms with Crippen molar-refractivity contribution < 1.29 is 9.53 Å². The molecule has 1 unspecified atom stereocenters. The van der Waals surface area contributed by atoms with E-state index in [0.29, 0.717) is 18.2 Å². The fraction of sp³-hybridized carbons (Fsp3) is 0.529. The fourth-order valence-corrected chi connectivity index (χ4v) is 3.10. The first-order valence-electron chi connectivity index (χ1n) is 7.88. The molecule has 0 radical (unpaired) electrons. The Balaban J connectivity index is 1.55. The number of hydrogen-bond donors (Lipinski definition) is 1. The molecule has 1 N–H and O–H groups in total. The van der Waals surface area contributed by atoms with E-state index in [1.165, 1.54) is 0 Å². The van der Waals surface area contributed by atoms with Gasteiger partial charge in [0.1, 0.15) is 0 Å². The number of nitrogens with one attached hydrogen (secondary N) is 1. The minimum absolute atomic E-state index is 0.0542. The summed E-state index contributed by atoms with van der Waals surface area (Å²) in [6.45, 7) is 2.98.